The number of anilines is 1. The van der Waals surface area contributed by atoms with Crippen molar-refractivity contribution in [3.05, 3.63) is 72.2 Å². The zero-order valence-electron chi connectivity index (χ0n) is 12.4. The molecule has 1 N–H and O–H groups in total. The maximum Gasteiger partial charge on any atom is 0.256 e. The van der Waals surface area contributed by atoms with Crippen LogP contribution in [0, 0.1) is 5.82 Å². The van der Waals surface area contributed by atoms with Crippen LogP contribution in [0.2, 0.25) is 0 Å². The van der Waals surface area contributed by atoms with Crippen LogP contribution in [0.25, 0.3) is 5.69 Å². The van der Waals surface area contributed by atoms with Crippen LogP contribution < -0.4 is 10.1 Å². The zero-order valence-corrected chi connectivity index (χ0v) is 12.4. The maximum atomic E-state index is 13.1. The van der Waals surface area contributed by atoms with Crippen molar-refractivity contribution in [3.63, 3.8) is 0 Å². The fraction of sp³-hybridized carbons (Fsp3) is 0.0588. The number of halogens is 1. The molecular weight excluding hydrogens is 297 g/mol. The summed E-state index contributed by atoms with van der Waals surface area (Å²) in [6.45, 7) is 0. The van der Waals surface area contributed by atoms with E-state index in [1.807, 2.05) is 24.3 Å². The normalized spacial score (nSPS) is 10.3. The average molecular weight is 311 g/mol. The predicted molar refractivity (Wildman–Crippen MR) is 84.5 cm³/mol. The van der Waals surface area contributed by atoms with Crippen LogP contribution in [-0.2, 0) is 0 Å². The van der Waals surface area contributed by atoms with E-state index < -0.39 is 11.7 Å². The molecule has 0 spiro atoms. The summed E-state index contributed by atoms with van der Waals surface area (Å²) in [5, 5.41) is 6.91. The van der Waals surface area contributed by atoms with E-state index in [4.69, 9.17) is 4.74 Å². The van der Waals surface area contributed by atoms with E-state index in [1.54, 1.807) is 30.1 Å². The van der Waals surface area contributed by atoms with E-state index in [9.17, 15) is 9.18 Å². The Balaban J connectivity index is 1.75. The van der Waals surface area contributed by atoms with E-state index in [1.165, 1.54) is 18.2 Å². The first-order valence-electron chi connectivity index (χ1n) is 6.93. The van der Waals surface area contributed by atoms with Crippen LogP contribution in [0.3, 0.4) is 0 Å². The molecule has 2 aromatic carbocycles. The highest BCUT2D eigenvalue weighted by Crippen LogP contribution is 2.16. The Bertz CT molecular complexity index is 828. The first-order valence-corrected chi connectivity index (χ1v) is 6.93. The summed E-state index contributed by atoms with van der Waals surface area (Å²) in [5.74, 6) is 0.265. The summed E-state index contributed by atoms with van der Waals surface area (Å²) in [6, 6.07) is 14.5. The monoisotopic (exact) mass is 311 g/mol. The van der Waals surface area contributed by atoms with Gasteiger partial charge in [-0.15, -0.1) is 0 Å². The molecule has 0 fully saturated rings. The zero-order chi connectivity index (χ0) is 16.2. The van der Waals surface area contributed by atoms with Crippen LogP contribution >= 0.6 is 0 Å². The lowest BCUT2D eigenvalue weighted by Gasteiger charge is -2.04. The van der Waals surface area contributed by atoms with Crippen LogP contribution in [0.4, 0.5) is 10.2 Å². The molecule has 0 saturated heterocycles. The minimum atomic E-state index is -0.457. The Morgan fingerprint density at radius 1 is 1.17 bits per heavy atom. The van der Waals surface area contributed by atoms with E-state index in [0.29, 0.717) is 5.82 Å². The van der Waals surface area contributed by atoms with Gasteiger partial charge < -0.3 is 10.1 Å². The van der Waals surface area contributed by atoms with Crippen molar-refractivity contribution < 1.29 is 13.9 Å². The predicted octanol–water partition coefficient (Wildman–Crippen LogP) is 3.27. The topological polar surface area (TPSA) is 56.1 Å². The lowest BCUT2D eigenvalue weighted by Crippen LogP contribution is -2.12. The average Bonchev–Trinajstić information content (AvgIpc) is 3.03. The fourth-order valence-corrected chi connectivity index (χ4v) is 2.09. The molecule has 0 aliphatic heterocycles. The molecule has 1 amide bonds. The molecule has 6 heteroatoms. The lowest BCUT2D eigenvalue weighted by atomic mass is 10.2. The molecule has 0 bridgehead atoms. The van der Waals surface area contributed by atoms with Gasteiger partial charge >= 0.3 is 0 Å². The number of hydrogen-bond donors (Lipinski definition) is 1. The Morgan fingerprint density at radius 3 is 2.65 bits per heavy atom. The van der Waals surface area contributed by atoms with E-state index >= 15 is 0 Å². The van der Waals surface area contributed by atoms with Gasteiger partial charge in [-0.25, -0.2) is 9.07 Å². The summed E-state index contributed by atoms with van der Waals surface area (Å²) in [6.07, 6.45) is 1.73. The summed E-state index contributed by atoms with van der Waals surface area (Å²) in [4.78, 5) is 12.1. The Kier molecular flexibility index (Phi) is 4.05. The number of nitrogens with one attached hydrogen (secondary N) is 1. The van der Waals surface area contributed by atoms with Gasteiger partial charge in [0.2, 0.25) is 0 Å². The van der Waals surface area contributed by atoms with Crippen LogP contribution in [0.15, 0.2) is 60.8 Å². The van der Waals surface area contributed by atoms with Crippen LogP contribution in [0.1, 0.15) is 10.4 Å². The van der Waals surface area contributed by atoms with Gasteiger partial charge in [0.15, 0.2) is 5.82 Å². The van der Waals surface area contributed by atoms with Crippen molar-refractivity contribution in [2.24, 2.45) is 0 Å². The van der Waals surface area contributed by atoms with E-state index in [0.717, 1.165) is 11.4 Å². The van der Waals surface area contributed by atoms with Crippen LogP contribution in [-0.4, -0.2) is 22.8 Å². The van der Waals surface area contributed by atoms with Gasteiger partial charge in [0.05, 0.1) is 12.8 Å². The lowest BCUT2D eigenvalue weighted by molar-refractivity contribution is 0.102. The first-order chi connectivity index (χ1) is 11.2. The number of rotatable bonds is 4. The highest BCUT2D eigenvalue weighted by atomic mass is 19.1. The quantitative estimate of drug-likeness (QED) is 0.804. The number of nitrogens with zero attached hydrogens (tertiary/aromatic N) is 2. The maximum absolute atomic E-state index is 13.1. The van der Waals surface area contributed by atoms with Gasteiger partial charge in [-0.05, 0) is 42.5 Å². The second-order valence-electron chi connectivity index (χ2n) is 4.81. The molecule has 116 valence electrons. The second-order valence-corrected chi connectivity index (χ2v) is 4.81. The molecular formula is C17H14FN3O2. The largest absolute Gasteiger partial charge is 0.497 e. The van der Waals surface area contributed by atoms with Gasteiger partial charge in [-0.2, -0.15) is 5.10 Å². The highest BCUT2D eigenvalue weighted by Gasteiger charge is 2.09. The van der Waals surface area contributed by atoms with Crippen molar-refractivity contribution >= 4 is 11.7 Å². The summed E-state index contributed by atoms with van der Waals surface area (Å²) < 4.78 is 19.9. The standard InChI is InChI=1S/C17H14FN3O2/c1-23-15-7-5-14(6-8-15)21-10-9-16(20-21)19-17(22)12-3-2-4-13(18)11-12/h2-11H,1H3,(H,19,20,22). The number of carbonyl (C=O) groups excluding carboxylic acids is 1. The smallest absolute Gasteiger partial charge is 0.256 e. The van der Waals surface area contributed by atoms with E-state index in [2.05, 4.69) is 10.4 Å². The summed E-state index contributed by atoms with van der Waals surface area (Å²) in [5.41, 5.74) is 1.07. The Labute approximate surface area is 132 Å². The molecule has 0 saturated carbocycles. The van der Waals surface area contributed by atoms with Crippen molar-refractivity contribution in [2.45, 2.75) is 0 Å². The summed E-state index contributed by atoms with van der Waals surface area (Å²) in [7, 11) is 1.60. The Hall–Kier alpha value is -3.15. The van der Waals surface area contributed by atoms with Crippen LogP contribution in [0.5, 0.6) is 5.75 Å². The molecule has 3 aromatic rings. The van der Waals surface area contributed by atoms with Crippen molar-refractivity contribution in [3.8, 4) is 11.4 Å². The van der Waals surface area contributed by atoms with Gasteiger partial charge in [0, 0.05) is 17.8 Å². The first kappa shape index (κ1) is 14.8. The number of aromatic nitrogens is 2. The highest BCUT2D eigenvalue weighted by molar-refractivity contribution is 6.03. The minimum Gasteiger partial charge on any atom is -0.497 e. The molecule has 1 aromatic heterocycles. The number of carbonyl (C=O) groups is 1. The number of hydrogen-bond acceptors (Lipinski definition) is 3. The fourth-order valence-electron chi connectivity index (χ4n) is 2.09. The molecule has 0 aliphatic rings. The number of benzene rings is 2. The SMILES string of the molecule is COc1ccc(-n2ccc(NC(=O)c3cccc(F)c3)n2)cc1. The number of amides is 1. The van der Waals surface area contributed by atoms with Crippen molar-refractivity contribution in [1.82, 2.24) is 9.78 Å². The minimum absolute atomic E-state index is 0.240. The van der Waals surface area contributed by atoms with Gasteiger partial charge in [0.25, 0.3) is 5.91 Å². The van der Waals surface area contributed by atoms with Crippen molar-refractivity contribution in [1.29, 1.82) is 0 Å². The van der Waals surface area contributed by atoms with Crippen molar-refractivity contribution in [2.75, 3.05) is 12.4 Å². The van der Waals surface area contributed by atoms with Gasteiger partial charge in [-0.1, -0.05) is 6.07 Å². The van der Waals surface area contributed by atoms with Gasteiger partial charge in [0.1, 0.15) is 11.6 Å². The van der Waals surface area contributed by atoms with E-state index in [-0.39, 0.29) is 5.56 Å². The molecule has 0 atom stereocenters. The third-order valence-corrected chi connectivity index (χ3v) is 3.25. The molecule has 1 heterocycles. The number of ether oxygens (including phenoxy) is 1. The summed E-state index contributed by atoms with van der Waals surface area (Å²) >= 11 is 0. The third kappa shape index (κ3) is 3.37. The molecule has 5 nitrogen and oxygen atoms in total. The molecule has 0 unspecified atom stereocenters. The molecule has 0 aliphatic carbocycles. The number of methoxy groups -OCH3 is 1. The second kappa shape index (κ2) is 6.31. The van der Waals surface area contributed by atoms with Gasteiger partial charge in [-0.3, -0.25) is 4.79 Å². The molecule has 23 heavy (non-hydrogen) atoms. The third-order valence-electron chi connectivity index (χ3n) is 3.25. The molecule has 0 radical (unpaired) electrons. The molecule has 3 rings (SSSR count). The Morgan fingerprint density at radius 2 is 1.96 bits per heavy atom.